The summed E-state index contributed by atoms with van der Waals surface area (Å²) in [6.45, 7) is 9.50. The fraction of sp³-hybridized carbons (Fsp3) is 0.609. The molecule has 8 nitrogen and oxygen atoms in total. The Morgan fingerprint density at radius 2 is 1.81 bits per heavy atom. The Labute approximate surface area is 183 Å². The van der Waals surface area contributed by atoms with Crippen LogP contribution in [0, 0.1) is 0 Å². The molecule has 0 saturated carbocycles. The molecule has 2 fully saturated rings. The largest absolute Gasteiger partial charge is 0.447 e. The molecule has 1 aromatic carbocycles. The maximum atomic E-state index is 12.9. The molecule has 0 bridgehead atoms. The van der Waals surface area contributed by atoms with Crippen LogP contribution in [0.25, 0.3) is 0 Å². The van der Waals surface area contributed by atoms with E-state index in [9.17, 15) is 14.4 Å². The molecule has 3 amide bonds. The van der Waals surface area contributed by atoms with E-state index < -0.39 is 23.5 Å². The minimum absolute atomic E-state index is 0.101. The maximum absolute atomic E-state index is 12.9. The van der Waals surface area contributed by atoms with Gasteiger partial charge in [-0.3, -0.25) is 9.69 Å². The van der Waals surface area contributed by atoms with Gasteiger partial charge in [0.2, 0.25) is 5.91 Å². The number of amides is 3. The van der Waals surface area contributed by atoms with Gasteiger partial charge in [0.25, 0.3) is 0 Å². The van der Waals surface area contributed by atoms with E-state index in [2.05, 4.69) is 0 Å². The number of cyclic esters (lactones) is 1. The first-order chi connectivity index (χ1) is 14.5. The second-order valence-corrected chi connectivity index (χ2v) is 9.48. The lowest BCUT2D eigenvalue weighted by Crippen LogP contribution is -2.50. The first kappa shape index (κ1) is 23.1. The van der Waals surface area contributed by atoms with Crippen LogP contribution in [0.5, 0.6) is 0 Å². The summed E-state index contributed by atoms with van der Waals surface area (Å²) in [6, 6.07) is 9.04. The van der Waals surface area contributed by atoms with Crippen LogP contribution in [-0.2, 0) is 25.4 Å². The molecule has 0 N–H and O–H groups in total. The smallest absolute Gasteiger partial charge is 0.416 e. The van der Waals surface area contributed by atoms with Crippen molar-refractivity contribution in [3.05, 3.63) is 35.9 Å². The molecular formula is C23H32N2O6. The van der Waals surface area contributed by atoms with Crippen molar-refractivity contribution in [2.45, 2.75) is 77.3 Å². The number of carbonyl (C=O) groups is 3. The number of ether oxygens (including phenoxy) is 3. The van der Waals surface area contributed by atoms with Crippen LogP contribution in [0.4, 0.5) is 9.59 Å². The molecule has 170 valence electrons. The molecule has 2 aliphatic rings. The van der Waals surface area contributed by atoms with Crippen molar-refractivity contribution in [2.75, 3.05) is 13.2 Å². The van der Waals surface area contributed by atoms with E-state index in [1.165, 1.54) is 4.90 Å². The maximum Gasteiger partial charge on any atom is 0.416 e. The molecule has 8 heteroatoms. The van der Waals surface area contributed by atoms with Crippen LogP contribution < -0.4 is 0 Å². The van der Waals surface area contributed by atoms with E-state index >= 15 is 0 Å². The van der Waals surface area contributed by atoms with E-state index in [0.717, 1.165) is 5.56 Å². The van der Waals surface area contributed by atoms with Crippen molar-refractivity contribution in [2.24, 2.45) is 0 Å². The van der Waals surface area contributed by atoms with E-state index in [0.29, 0.717) is 19.4 Å². The van der Waals surface area contributed by atoms with Crippen LogP contribution in [0.2, 0.25) is 0 Å². The van der Waals surface area contributed by atoms with Gasteiger partial charge in [0.1, 0.15) is 17.9 Å². The fourth-order valence-corrected chi connectivity index (χ4v) is 3.99. The molecule has 2 saturated heterocycles. The lowest BCUT2D eigenvalue weighted by atomic mass is 10.0. The normalized spacial score (nSPS) is 23.1. The number of carbonyl (C=O) groups excluding carboxylic acids is 3. The predicted octanol–water partition coefficient (Wildman–Crippen LogP) is 3.73. The third kappa shape index (κ3) is 5.55. The zero-order valence-electron chi connectivity index (χ0n) is 18.9. The Bertz CT molecular complexity index is 817. The minimum Gasteiger partial charge on any atom is -0.447 e. The van der Waals surface area contributed by atoms with Gasteiger partial charge in [-0.15, -0.1) is 0 Å². The van der Waals surface area contributed by atoms with Gasteiger partial charge in [0.05, 0.1) is 18.7 Å². The first-order valence-electron chi connectivity index (χ1n) is 10.7. The van der Waals surface area contributed by atoms with E-state index in [1.54, 1.807) is 39.5 Å². The highest BCUT2D eigenvalue weighted by Crippen LogP contribution is 2.32. The predicted molar refractivity (Wildman–Crippen MR) is 113 cm³/mol. The third-order valence-corrected chi connectivity index (χ3v) is 5.40. The quantitative estimate of drug-likeness (QED) is 0.705. The molecule has 0 radical (unpaired) electrons. The number of hydrogen-bond acceptors (Lipinski definition) is 6. The number of rotatable bonds is 5. The molecule has 31 heavy (non-hydrogen) atoms. The van der Waals surface area contributed by atoms with Crippen LogP contribution in [0.3, 0.4) is 0 Å². The SMILES string of the molecule is CC(C)(C)OC(=O)N1[C@@H](CCC(=O)N2C(=O)OC[C@@H]2Cc2ccccc2)COC1(C)C. The Balaban J connectivity index is 1.64. The minimum atomic E-state index is -0.835. The van der Waals surface area contributed by atoms with Crippen LogP contribution in [0.1, 0.15) is 53.0 Å². The topological polar surface area (TPSA) is 85.4 Å². The second kappa shape index (κ2) is 8.86. The van der Waals surface area contributed by atoms with Crippen molar-refractivity contribution >= 4 is 18.1 Å². The van der Waals surface area contributed by atoms with Gasteiger partial charge in [-0.2, -0.15) is 0 Å². The fourth-order valence-electron chi connectivity index (χ4n) is 3.99. The number of hydrogen-bond donors (Lipinski definition) is 0. The summed E-state index contributed by atoms with van der Waals surface area (Å²) in [6.07, 6.45) is -0.0809. The average Bonchev–Trinajstić information content (AvgIpc) is 3.18. The summed E-state index contributed by atoms with van der Waals surface area (Å²) in [4.78, 5) is 40.7. The Morgan fingerprint density at radius 1 is 1.13 bits per heavy atom. The van der Waals surface area contributed by atoms with Crippen molar-refractivity contribution in [3.63, 3.8) is 0 Å². The molecule has 3 rings (SSSR count). The van der Waals surface area contributed by atoms with Gasteiger partial charge in [0, 0.05) is 6.42 Å². The standard InChI is InChI=1S/C23H32N2O6/c1-22(2,3)31-21(28)25-17(15-30-23(25,4)5)11-12-19(26)24-18(14-29-20(24)27)13-16-9-7-6-8-10-16/h6-10,17-18H,11-15H2,1-5H3/t17-,18-/m0/s1. The van der Waals surface area contributed by atoms with E-state index in [-0.39, 0.29) is 31.0 Å². The Morgan fingerprint density at radius 3 is 2.45 bits per heavy atom. The molecule has 2 heterocycles. The van der Waals surface area contributed by atoms with E-state index in [1.807, 2.05) is 30.3 Å². The molecule has 0 spiro atoms. The monoisotopic (exact) mass is 432 g/mol. The zero-order chi connectivity index (χ0) is 22.8. The summed E-state index contributed by atoms with van der Waals surface area (Å²) in [5.74, 6) is -0.308. The van der Waals surface area contributed by atoms with Crippen molar-refractivity contribution in [1.82, 2.24) is 9.80 Å². The third-order valence-electron chi connectivity index (χ3n) is 5.40. The highest BCUT2D eigenvalue weighted by atomic mass is 16.6. The van der Waals surface area contributed by atoms with Gasteiger partial charge in [-0.05, 0) is 53.0 Å². The lowest BCUT2D eigenvalue weighted by molar-refractivity contribution is -0.129. The van der Waals surface area contributed by atoms with Gasteiger partial charge in [-0.25, -0.2) is 14.5 Å². The number of benzene rings is 1. The van der Waals surface area contributed by atoms with Gasteiger partial charge >= 0.3 is 12.2 Å². The molecular weight excluding hydrogens is 400 g/mol. The number of imide groups is 1. The average molecular weight is 433 g/mol. The van der Waals surface area contributed by atoms with Crippen LogP contribution in [-0.4, -0.2) is 64.5 Å². The van der Waals surface area contributed by atoms with Crippen LogP contribution >= 0.6 is 0 Å². The van der Waals surface area contributed by atoms with Gasteiger partial charge in [0.15, 0.2) is 0 Å². The van der Waals surface area contributed by atoms with Crippen molar-refractivity contribution in [3.8, 4) is 0 Å². The number of nitrogens with zero attached hydrogens (tertiary/aromatic N) is 2. The molecule has 0 aromatic heterocycles. The summed E-state index contributed by atoms with van der Waals surface area (Å²) >= 11 is 0. The Hall–Kier alpha value is -2.61. The van der Waals surface area contributed by atoms with Gasteiger partial charge < -0.3 is 14.2 Å². The summed E-state index contributed by atoms with van der Waals surface area (Å²) < 4.78 is 16.5. The summed E-state index contributed by atoms with van der Waals surface area (Å²) in [7, 11) is 0. The van der Waals surface area contributed by atoms with Gasteiger partial charge in [-0.1, -0.05) is 30.3 Å². The highest BCUT2D eigenvalue weighted by Gasteiger charge is 2.46. The molecule has 2 atom stereocenters. The molecule has 0 unspecified atom stereocenters. The second-order valence-electron chi connectivity index (χ2n) is 9.48. The summed E-state index contributed by atoms with van der Waals surface area (Å²) in [5, 5.41) is 0. The zero-order valence-corrected chi connectivity index (χ0v) is 18.9. The Kier molecular flexibility index (Phi) is 6.59. The van der Waals surface area contributed by atoms with Crippen molar-refractivity contribution in [1.29, 1.82) is 0 Å². The first-order valence-corrected chi connectivity index (χ1v) is 10.7. The molecule has 1 aromatic rings. The van der Waals surface area contributed by atoms with Crippen molar-refractivity contribution < 1.29 is 28.6 Å². The lowest BCUT2D eigenvalue weighted by Gasteiger charge is -2.35. The highest BCUT2D eigenvalue weighted by molar-refractivity contribution is 5.93. The molecule has 2 aliphatic heterocycles. The van der Waals surface area contributed by atoms with E-state index in [4.69, 9.17) is 14.2 Å². The summed E-state index contributed by atoms with van der Waals surface area (Å²) in [5.41, 5.74) is -0.441. The molecule has 0 aliphatic carbocycles. The van der Waals surface area contributed by atoms with Crippen LogP contribution in [0.15, 0.2) is 30.3 Å².